The van der Waals surface area contributed by atoms with Crippen LogP contribution in [0.4, 0.5) is 11.4 Å². The van der Waals surface area contributed by atoms with E-state index in [1.54, 1.807) is 0 Å². The topological polar surface area (TPSA) is 128 Å². The maximum Gasteiger partial charge on any atom is 0.295 e. The SMILES string of the molecule is CCCC(=NNc1ccc(S(N)(=O)=O)cc1[N+](=O)[O-])c1ccccc1. The summed E-state index contributed by atoms with van der Waals surface area (Å²) in [6.07, 6.45) is 1.53. The van der Waals surface area contributed by atoms with E-state index in [-0.39, 0.29) is 10.6 Å². The van der Waals surface area contributed by atoms with E-state index in [0.29, 0.717) is 6.42 Å². The highest BCUT2D eigenvalue weighted by atomic mass is 32.2. The van der Waals surface area contributed by atoms with Crippen LogP contribution in [-0.2, 0) is 10.0 Å². The second-order valence-corrected chi connectivity index (χ2v) is 6.83. The Balaban J connectivity index is 2.39. The van der Waals surface area contributed by atoms with E-state index < -0.39 is 20.6 Å². The minimum Gasteiger partial charge on any atom is -0.271 e. The van der Waals surface area contributed by atoms with E-state index in [1.165, 1.54) is 12.1 Å². The zero-order valence-corrected chi connectivity index (χ0v) is 14.4. The Morgan fingerprint density at radius 1 is 1.24 bits per heavy atom. The first-order valence-electron chi connectivity index (χ1n) is 7.52. The van der Waals surface area contributed by atoms with Gasteiger partial charge in [-0.3, -0.25) is 15.5 Å². The second-order valence-electron chi connectivity index (χ2n) is 5.27. The maximum absolute atomic E-state index is 11.4. The fourth-order valence-corrected chi connectivity index (χ4v) is 2.73. The van der Waals surface area contributed by atoms with Crippen molar-refractivity contribution >= 4 is 27.1 Å². The molecule has 9 heteroatoms. The lowest BCUT2D eigenvalue weighted by atomic mass is 10.1. The van der Waals surface area contributed by atoms with Crippen LogP contribution in [0, 0.1) is 10.1 Å². The highest BCUT2D eigenvalue weighted by Gasteiger charge is 2.19. The van der Waals surface area contributed by atoms with Crippen molar-refractivity contribution in [1.82, 2.24) is 0 Å². The van der Waals surface area contributed by atoms with Gasteiger partial charge in [-0.25, -0.2) is 13.6 Å². The Morgan fingerprint density at radius 2 is 1.92 bits per heavy atom. The molecule has 0 aliphatic carbocycles. The molecule has 0 saturated heterocycles. The van der Waals surface area contributed by atoms with Crippen LogP contribution in [0.15, 0.2) is 58.5 Å². The van der Waals surface area contributed by atoms with Gasteiger partial charge in [0, 0.05) is 6.07 Å². The van der Waals surface area contributed by atoms with Gasteiger partial charge in [0.1, 0.15) is 5.69 Å². The largest absolute Gasteiger partial charge is 0.295 e. The Hall–Kier alpha value is -2.78. The van der Waals surface area contributed by atoms with Crippen molar-refractivity contribution in [1.29, 1.82) is 0 Å². The first-order chi connectivity index (χ1) is 11.8. The summed E-state index contributed by atoms with van der Waals surface area (Å²) < 4.78 is 22.7. The smallest absolute Gasteiger partial charge is 0.271 e. The van der Waals surface area contributed by atoms with Crippen LogP contribution in [0.1, 0.15) is 25.3 Å². The quantitative estimate of drug-likeness (QED) is 0.445. The van der Waals surface area contributed by atoms with E-state index in [1.807, 2.05) is 37.3 Å². The van der Waals surface area contributed by atoms with E-state index in [2.05, 4.69) is 10.5 Å². The third-order valence-corrected chi connectivity index (χ3v) is 4.31. The fourth-order valence-electron chi connectivity index (χ4n) is 2.19. The summed E-state index contributed by atoms with van der Waals surface area (Å²) in [6, 6.07) is 12.8. The molecule has 2 aromatic carbocycles. The molecule has 0 spiro atoms. The molecule has 0 aliphatic heterocycles. The van der Waals surface area contributed by atoms with Gasteiger partial charge in [0.2, 0.25) is 10.0 Å². The van der Waals surface area contributed by atoms with Gasteiger partial charge in [0.15, 0.2) is 0 Å². The van der Waals surface area contributed by atoms with Crippen molar-refractivity contribution in [2.24, 2.45) is 10.2 Å². The lowest BCUT2D eigenvalue weighted by molar-refractivity contribution is -0.384. The molecule has 132 valence electrons. The third-order valence-electron chi connectivity index (χ3n) is 3.40. The molecule has 0 radical (unpaired) electrons. The van der Waals surface area contributed by atoms with Gasteiger partial charge in [-0.15, -0.1) is 0 Å². The average molecular weight is 362 g/mol. The highest BCUT2D eigenvalue weighted by molar-refractivity contribution is 7.89. The minimum atomic E-state index is -4.03. The number of hydrogen-bond acceptors (Lipinski definition) is 6. The van der Waals surface area contributed by atoms with Crippen LogP contribution in [0.25, 0.3) is 0 Å². The Kier molecular flexibility index (Phi) is 5.84. The lowest BCUT2D eigenvalue weighted by Crippen LogP contribution is -2.12. The number of primary sulfonamides is 1. The number of anilines is 1. The minimum absolute atomic E-state index is 0.0851. The summed E-state index contributed by atoms with van der Waals surface area (Å²) in [5, 5.41) is 20.5. The van der Waals surface area contributed by atoms with Gasteiger partial charge in [0.05, 0.1) is 15.5 Å². The predicted molar refractivity (Wildman–Crippen MR) is 96.0 cm³/mol. The van der Waals surface area contributed by atoms with Crippen molar-refractivity contribution in [2.45, 2.75) is 24.7 Å². The number of nitro groups is 1. The van der Waals surface area contributed by atoms with Gasteiger partial charge in [0.25, 0.3) is 5.69 Å². The van der Waals surface area contributed by atoms with Crippen LogP contribution in [-0.4, -0.2) is 19.1 Å². The summed E-state index contributed by atoms with van der Waals surface area (Å²) in [5.74, 6) is 0. The van der Waals surface area contributed by atoms with E-state index in [4.69, 9.17) is 5.14 Å². The number of nitrogens with two attached hydrogens (primary N) is 1. The number of nitro benzene ring substituents is 1. The van der Waals surface area contributed by atoms with Crippen molar-refractivity contribution in [3.05, 3.63) is 64.2 Å². The van der Waals surface area contributed by atoms with Crippen LogP contribution < -0.4 is 10.6 Å². The number of sulfonamides is 1. The molecule has 8 nitrogen and oxygen atoms in total. The number of benzene rings is 2. The fraction of sp³-hybridized carbons (Fsp3) is 0.188. The maximum atomic E-state index is 11.4. The summed E-state index contributed by atoms with van der Waals surface area (Å²) in [4.78, 5) is 10.2. The summed E-state index contributed by atoms with van der Waals surface area (Å²) in [6.45, 7) is 2.00. The first kappa shape index (κ1) is 18.6. The van der Waals surface area contributed by atoms with Crippen molar-refractivity contribution < 1.29 is 13.3 Å². The zero-order valence-electron chi connectivity index (χ0n) is 13.5. The third kappa shape index (κ3) is 4.85. The molecule has 0 aliphatic rings. The van der Waals surface area contributed by atoms with Gasteiger partial charge < -0.3 is 0 Å². The van der Waals surface area contributed by atoms with Crippen LogP contribution in [0.3, 0.4) is 0 Å². The first-order valence-corrected chi connectivity index (χ1v) is 9.06. The molecule has 0 heterocycles. The van der Waals surface area contributed by atoms with E-state index in [0.717, 1.165) is 23.8 Å². The molecule has 0 saturated carbocycles. The number of nitrogens with one attached hydrogen (secondary N) is 1. The standard InChI is InChI=1S/C16H18N4O4S/c1-2-6-14(12-7-4-3-5-8-12)18-19-15-10-9-13(25(17,23)24)11-16(15)20(21)22/h3-5,7-11,19H,2,6H2,1H3,(H2,17,23,24). The Morgan fingerprint density at radius 3 is 2.48 bits per heavy atom. The van der Waals surface area contributed by atoms with Gasteiger partial charge >= 0.3 is 0 Å². The molecule has 3 N–H and O–H groups in total. The second kappa shape index (κ2) is 7.86. The number of hydrogen-bond donors (Lipinski definition) is 2. The molecule has 25 heavy (non-hydrogen) atoms. The average Bonchev–Trinajstić information content (AvgIpc) is 2.58. The molecule has 0 aromatic heterocycles. The van der Waals surface area contributed by atoms with Crippen LogP contribution in [0.5, 0.6) is 0 Å². The number of hydrazone groups is 1. The number of rotatable bonds is 7. The van der Waals surface area contributed by atoms with Gasteiger partial charge in [-0.2, -0.15) is 5.10 Å². The molecular weight excluding hydrogens is 344 g/mol. The van der Waals surface area contributed by atoms with Crippen LogP contribution >= 0.6 is 0 Å². The van der Waals surface area contributed by atoms with Gasteiger partial charge in [-0.05, 0) is 24.1 Å². The summed E-state index contributed by atoms with van der Waals surface area (Å²) in [5.41, 5.74) is 3.98. The summed E-state index contributed by atoms with van der Waals surface area (Å²) in [7, 11) is -4.03. The molecule has 0 amide bonds. The zero-order chi connectivity index (χ0) is 18.4. The lowest BCUT2D eigenvalue weighted by Gasteiger charge is -2.08. The Labute approximate surface area is 145 Å². The molecule has 0 atom stereocenters. The predicted octanol–water partition coefficient (Wildman–Crippen LogP) is 2.86. The monoisotopic (exact) mass is 362 g/mol. The van der Waals surface area contributed by atoms with Crippen LogP contribution in [0.2, 0.25) is 0 Å². The van der Waals surface area contributed by atoms with Gasteiger partial charge in [-0.1, -0.05) is 43.7 Å². The molecule has 2 rings (SSSR count). The molecule has 0 unspecified atom stereocenters. The van der Waals surface area contributed by atoms with Crippen molar-refractivity contribution in [3.8, 4) is 0 Å². The number of nitrogens with zero attached hydrogens (tertiary/aromatic N) is 2. The Bertz CT molecular complexity index is 896. The van der Waals surface area contributed by atoms with E-state index in [9.17, 15) is 18.5 Å². The molecule has 2 aromatic rings. The van der Waals surface area contributed by atoms with Crippen molar-refractivity contribution in [3.63, 3.8) is 0 Å². The van der Waals surface area contributed by atoms with Crippen molar-refractivity contribution in [2.75, 3.05) is 5.43 Å². The molecule has 0 bridgehead atoms. The normalized spacial score (nSPS) is 12.0. The molecular formula is C16H18N4O4S. The molecule has 0 fully saturated rings. The highest BCUT2D eigenvalue weighted by Crippen LogP contribution is 2.27. The van der Waals surface area contributed by atoms with E-state index >= 15 is 0 Å². The summed E-state index contributed by atoms with van der Waals surface area (Å²) >= 11 is 0.